The molecular formula is C30H29BrN2O4. The van der Waals surface area contributed by atoms with Gasteiger partial charge < -0.3 is 19.5 Å². The van der Waals surface area contributed by atoms with Crippen molar-refractivity contribution in [3.05, 3.63) is 112 Å². The fourth-order valence-electron chi connectivity index (χ4n) is 4.95. The van der Waals surface area contributed by atoms with Gasteiger partial charge in [0.25, 0.3) is 5.91 Å². The van der Waals surface area contributed by atoms with Gasteiger partial charge >= 0.3 is 0 Å². The summed E-state index contributed by atoms with van der Waals surface area (Å²) in [5.41, 5.74) is 2.64. The molecule has 0 fully saturated rings. The highest BCUT2D eigenvalue weighted by Crippen LogP contribution is 2.46. The lowest BCUT2D eigenvalue weighted by atomic mass is 9.81. The van der Waals surface area contributed by atoms with Gasteiger partial charge in [-0.05, 0) is 47.5 Å². The number of aliphatic hydroxyl groups is 1. The maximum Gasteiger partial charge on any atom is 0.255 e. The number of nitrogens with zero attached hydrogens (tertiary/aromatic N) is 2. The van der Waals surface area contributed by atoms with Gasteiger partial charge in [-0.1, -0.05) is 58.4 Å². The van der Waals surface area contributed by atoms with E-state index < -0.39 is 11.6 Å². The van der Waals surface area contributed by atoms with Crippen LogP contribution in [-0.4, -0.2) is 47.1 Å². The number of hydrogen-bond acceptors (Lipinski definition) is 5. The largest absolute Gasteiger partial charge is 0.494 e. The predicted octanol–water partition coefficient (Wildman–Crippen LogP) is 5.24. The summed E-state index contributed by atoms with van der Waals surface area (Å²) in [6.45, 7) is 5.31. The summed E-state index contributed by atoms with van der Waals surface area (Å²) in [5.74, 6) is 1.07. The van der Waals surface area contributed by atoms with Crippen molar-refractivity contribution in [3.63, 3.8) is 0 Å². The van der Waals surface area contributed by atoms with Crippen molar-refractivity contribution in [1.29, 1.82) is 0 Å². The number of ether oxygens (including phenoxy) is 2. The van der Waals surface area contributed by atoms with Gasteiger partial charge in [0.1, 0.15) is 5.75 Å². The summed E-state index contributed by atoms with van der Waals surface area (Å²) in [5, 5.41) is 8.99. The zero-order valence-electron chi connectivity index (χ0n) is 20.5. The van der Waals surface area contributed by atoms with E-state index in [4.69, 9.17) is 19.6 Å². The first-order valence-corrected chi connectivity index (χ1v) is 13.2. The van der Waals surface area contributed by atoms with Crippen LogP contribution in [0, 0.1) is 0 Å². The second kappa shape index (κ2) is 10.9. The Morgan fingerprint density at radius 2 is 1.89 bits per heavy atom. The van der Waals surface area contributed by atoms with Gasteiger partial charge in [0.2, 0.25) is 5.90 Å². The first-order chi connectivity index (χ1) is 18.0. The highest BCUT2D eigenvalue weighted by atomic mass is 79.9. The van der Waals surface area contributed by atoms with Crippen LogP contribution in [0.5, 0.6) is 5.75 Å². The minimum Gasteiger partial charge on any atom is -0.494 e. The molecule has 7 heteroatoms. The summed E-state index contributed by atoms with van der Waals surface area (Å²) in [4.78, 5) is 21.2. The SMILES string of the molecule is C=CCN1Cc2ccccc2[C@@H]2OC(c3ccc(OCCCO)cc3)=N[C@]2(Cc2ccc(Br)cc2)C1=O. The molecule has 3 aromatic carbocycles. The average Bonchev–Trinajstić information content (AvgIpc) is 3.26. The Morgan fingerprint density at radius 1 is 1.14 bits per heavy atom. The number of halogens is 1. The van der Waals surface area contributed by atoms with Crippen LogP contribution in [-0.2, 0) is 22.5 Å². The standard InChI is InChI=1S/C30H29BrN2O4/c1-2-16-33-20-23-6-3-4-7-26(23)27-30(29(33)35,19-21-8-12-24(31)13-9-21)32-28(37-27)22-10-14-25(15-11-22)36-18-5-17-34/h2-4,6-15,27,34H,1,5,16-20H2/t27-,30-/m0/s1. The summed E-state index contributed by atoms with van der Waals surface area (Å²) in [6.07, 6.45) is 2.16. The smallest absolute Gasteiger partial charge is 0.255 e. The molecule has 37 heavy (non-hydrogen) atoms. The van der Waals surface area contributed by atoms with E-state index in [2.05, 4.69) is 22.5 Å². The van der Waals surface area contributed by atoms with E-state index >= 15 is 0 Å². The number of carbonyl (C=O) groups excluding carboxylic acids is 1. The van der Waals surface area contributed by atoms with Crippen molar-refractivity contribution in [3.8, 4) is 5.75 Å². The number of carbonyl (C=O) groups is 1. The summed E-state index contributed by atoms with van der Waals surface area (Å²) >= 11 is 3.51. The Bertz CT molecular complexity index is 1310. The summed E-state index contributed by atoms with van der Waals surface area (Å²) in [7, 11) is 0. The van der Waals surface area contributed by atoms with Gasteiger partial charge in [0, 0.05) is 48.1 Å². The maximum absolute atomic E-state index is 14.3. The third-order valence-corrected chi connectivity index (χ3v) is 7.26. The van der Waals surface area contributed by atoms with Gasteiger partial charge in [0.15, 0.2) is 11.6 Å². The number of amides is 1. The third-order valence-electron chi connectivity index (χ3n) is 6.73. The molecule has 0 unspecified atom stereocenters. The molecule has 1 N–H and O–H groups in total. The van der Waals surface area contributed by atoms with Crippen molar-refractivity contribution in [2.45, 2.75) is 31.0 Å². The predicted molar refractivity (Wildman–Crippen MR) is 147 cm³/mol. The van der Waals surface area contributed by atoms with E-state index in [9.17, 15) is 4.79 Å². The zero-order chi connectivity index (χ0) is 25.8. The molecule has 0 saturated heterocycles. The van der Waals surface area contributed by atoms with Crippen molar-refractivity contribution >= 4 is 27.7 Å². The van der Waals surface area contributed by atoms with Crippen LogP contribution >= 0.6 is 15.9 Å². The summed E-state index contributed by atoms with van der Waals surface area (Å²) in [6, 6.07) is 23.6. The molecule has 2 aliphatic rings. The number of fused-ring (bicyclic) bond motifs is 3. The lowest BCUT2D eigenvalue weighted by Gasteiger charge is -2.32. The Hall–Kier alpha value is -3.42. The molecular weight excluding hydrogens is 532 g/mol. The number of aliphatic hydroxyl groups excluding tert-OH is 1. The van der Waals surface area contributed by atoms with E-state index in [-0.39, 0.29) is 12.5 Å². The first-order valence-electron chi connectivity index (χ1n) is 12.4. The topological polar surface area (TPSA) is 71.4 Å². The molecule has 1 amide bonds. The molecule has 0 bridgehead atoms. The molecule has 5 rings (SSSR count). The molecule has 0 saturated carbocycles. The lowest BCUT2D eigenvalue weighted by molar-refractivity contribution is -0.139. The van der Waals surface area contributed by atoms with E-state index in [0.29, 0.717) is 44.2 Å². The average molecular weight is 561 g/mol. The second-order valence-electron chi connectivity index (χ2n) is 9.27. The summed E-state index contributed by atoms with van der Waals surface area (Å²) < 4.78 is 13.2. The van der Waals surface area contributed by atoms with E-state index in [0.717, 1.165) is 26.7 Å². The third kappa shape index (κ3) is 5.06. The molecule has 2 aliphatic heterocycles. The number of aliphatic imine (C=N–C) groups is 1. The Morgan fingerprint density at radius 3 is 2.62 bits per heavy atom. The highest BCUT2D eigenvalue weighted by molar-refractivity contribution is 9.10. The quantitative estimate of drug-likeness (QED) is 0.287. The van der Waals surface area contributed by atoms with Crippen molar-refractivity contribution in [1.82, 2.24) is 4.90 Å². The monoisotopic (exact) mass is 560 g/mol. The molecule has 3 aromatic rings. The molecule has 0 aromatic heterocycles. The van der Waals surface area contributed by atoms with E-state index in [1.807, 2.05) is 77.7 Å². The molecule has 0 spiro atoms. The Balaban J connectivity index is 1.59. The van der Waals surface area contributed by atoms with Crippen LogP contribution < -0.4 is 4.74 Å². The van der Waals surface area contributed by atoms with Gasteiger partial charge in [-0.25, -0.2) is 4.99 Å². The van der Waals surface area contributed by atoms with Gasteiger partial charge in [0.05, 0.1) is 6.61 Å². The second-order valence-corrected chi connectivity index (χ2v) is 10.2. The van der Waals surface area contributed by atoms with Crippen LogP contribution in [0.1, 0.15) is 34.8 Å². The minimum absolute atomic E-state index is 0.0736. The van der Waals surface area contributed by atoms with Crippen molar-refractivity contribution in [2.24, 2.45) is 4.99 Å². The zero-order valence-corrected chi connectivity index (χ0v) is 22.1. The Labute approximate surface area is 225 Å². The van der Waals surface area contributed by atoms with E-state index in [1.54, 1.807) is 6.08 Å². The molecule has 190 valence electrons. The van der Waals surface area contributed by atoms with Crippen LogP contribution in [0.3, 0.4) is 0 Å². The molecule has 0 radical (unpaired) electrons. The van der Waals surface area contributed by atoms with Crippen LogP contribution in [0.15, 0.2) is 94.9 Å². The first kappa shape index (κ1) is 25.2. The van der Waals surface area contributed by atoms with Gasteiger partial charge in [-0.3, -0.25) is 4.79 Å². The van der Waals surface area contributed by atoms with Crippen LogP contribution in [0.25, 0.3) is 0 Å². The molecule has 2 atom stereocenters. The minimum atomic E-state index is -1.16. The Kier molecular flexibility index (Phi) is 7.44. The van der Waals surface area contributed by atoms with Crippen molar-refractivity contribution in [2.75, 3.05) is 19.8 Å². The van der Waals surface area contributed by atoms with Crippen LogP contribution in [0.4, 0.5) is 0 Å². The normalized spacial score (nSPS) is 20.4. The highest BCUT2D eigenvalue weighted by Gasteiger charge is 2.56. The fourth-order valence-corrected chi connectivity index (χ4v) is 5.21. The molecule has 0 aliphatic carbocycles. The van der Waals surface area contributed by atoms with E-state index in [1.165, 1.54) is 0 Å². The van der Waals surface area contributed by atoms with Gasteiger partial charge in [-0.15, -0.1) is 6.58 Å². The maximum atomic E-state index is 14.3. The van der Waals surface area contributed by atoms with Crippen LogP contribution in [0.2, 0.25) is 0 Å². The molecule has 6 nitrogen and oxygen atoms in total. The number of rotatable bonds is 9. The fraction of sp³-hybridized carbons (Fsp3) is 0.267. The van der Waals surface area contributed by atoms with Crippen molar-refractivity contribution < 1.29 is 19.4 Å². The number of hydrogen-bond donors (Lipinski definition) is 1. The lowest BCUT2D eigenvalue weighted by Crippen LogP contribution is -2.49. The number of benzene rings is 3. The molecule has 2 heterocycles. The van der Waals surface area contributed by atoms with Gasteiger partial charge in [-0.2, -0.15) is 0 Å².